The van der Waals surface area contributed by atoms with Gasteiger partial charge in [0.25, 0.3) is 5.72 Å². The molecule has 1 atom stereocenters. The molecule has 1 heterocycles. The topological polar surface area (TPSA) is 63.2 Å². The van der Waals surface area contributed by atoms with E-state index in [-0.39, 0.29) is 5.56 Å². The second kappa shape index (κ2) is 6.25. The van der Waals surface area contributed by atoms with Crippen molar-refractivity contribution < 1.29 is 23.1 Å². The van der Waals surface area contributed by atoms with Crippen LogP contribution in [-0.2, 0) is 15.3 Å². The number of nitrogens with zero attached hydrogens (tertiary/aromatic N) is 2. The highest BCUT2D eigenvalue weighted by atomic mass is 19.1. The maximum atomic E-state index is 14.5. The fourth-order valence-electron chi connectivity index (χ4n) is 2.55. The van der Waals surface area contributed by atoms with Gasteiger partial charge in [-0.1, -0.05) is 30.3 Å². The van der Waals surface area contributed by atoms with E-state index in [9.17, 15) is 13.6 Å². The first-order chi connectivity index (χ1) is 11.6. The van der Waals surface area contributed by atoms with E-state index in [0.29, 0.717) is 5.56 Å². The molecule has 0 saturated heterocycles. The average Bonchev–Trinajstić information content (AvgIpc) is 3.04. The van der Waals surface area contributed by atoms with E-state index in [1.807, 2.05) is 0 Å². The van der Waals surface area contributed by atoms with Crippen LogP contribution in [0.2, 0.25) is 0 Å². The molecule has 1 N–H and O–H groups in total. The first kappa shape index (κ1) is 15.9. The number of amides is 2. The van der Waals surface area contributed by atoms with Crippen LogP contribution in [0.4, 0.5) is 13.6 Å². The number of carbonyl (C=O) groups excluding carboxylic acids is 1. The van der Waals surface area contributed by atoms with Crippen molar-refractivity contribution in [2.24, 2.45) is 5.10 Å². The zero-order chi connectivity index (χ0) is 17.2. The highest BCUT2D eigenvalue weighted by Crippen LogP contribution is 2.41. The standard InChI is InChI=1S/C16H13F2N3O3/c1-23-20-15(22)21-16(24-10-19-21,11-5-3-2-4-6-11)13-9-12(17)7-8-14(13)18/h2-10H,1H3,(H,20,22). The predicted molar refractivity (Wildman–Crippen MR) is 80.5 cm³/mol. The summed E-state index contributed by atoms with van der Waals surface area (Å²) in [4.78, 5) is 16.9. The smallest absolute Gasteiger partial charge is 0.365 e. The van der Waals surface area contributed by atoms with E-state index in [1.165, 1.54) is 7.11 Å². The third-order valence-electron chi connectivity index (χ3n) is 3.52. The Bertz CT molecular complexity index is 785. The van der Waals surface area contributed by atoms with Crippen LogP contribution < -0.4 is 5.48 Å². The largest absolute Gasteiger partial charge is 0.445 e. The Hall–Kier alpha value is -3.00. The minimum atomic E-state index is -1.80. The van der Waals surface area contributed by atoms with Crippen LogP contribution in [0.5, 0.6) is 0 Å². The summed E-state index contributed by atoms with van der Waals surface area (Å²) in [6.45, 7) is 0. The van der Waals surface area contributed by atoms with Crippen LogP contribution in [-0.4, -0.2) is 24.6 Å². The number of hydrogen-bond donors (Lipinski definition) is 1. The van der Waals surface area contributed by atoms with Crippen LogP contribution in [0.15, 0.2) is 53.6 Å². The van der Waals surface area contributed by atoms with Crippen molar-refractivity contribution in [2.75, 3.05) is 7.11 Å². The molecule has 0 fully saturated rings. The molecule has 1 aliphatic rings. The van der Waals surface area contributed by atoms with Crippen LogP contribution in [0.3, 0.4) is 0 Å². The monoisotopic (exact) mass is 333 g/mol. The lowest BCUT2D eigenvalue weighted by molar-refractivity contribution is -0.0196. The van der Waals surface area contributed by atoms with E-state index in [2.05, 4.69) is 15.4 Å². The number of urea groups is 1. The molecule has 1 unspecified atom stereocenters. The normalized spacial score (nSPS) is 19.2. The quantitative estimate of drug-likeness (QED) is 0.879. The van der Waals surface area contributed by atoms with Crippen molar-refractivity contribution in [3.63, 3.8) is 0 Å². The molecule has 3 rings (SSSR count). The van der Waals surface area contributed by atoms with E-state index < -0.39 is 23.4 Å². The average molecular weight is 333 g/mol. The minimum absolute atomic E-state index is 0.197. The number of hydrazone groups is 1. The van der Waals surface area contributed by atoms with Crippen LogP contribution in [0, 0.1) is 11.6 Å². The molecule has 124 valence electrons. The van der Waals surface area contributed by atoms with Gasteiger partial charge in [0, 0.05) is 5.56 Å². The first-order valence-electron chi connectivity index (χ1n) is 6.94. The third-order valence-corrected chi connectivity index (χ3v) is 3.52. The number of rotatable bonds is 3. The second-order valence-electron chi connectivity index (χ2n) is 4.90. The van der Waals surface area contributed by atoms with Crippen molar-refractivity contribution in [1.82, 2.24) is 10.5 Å². The molecule has 0 radical (unpaired) electrons. The summed E-state index contributed by atoms with van der Waals surface area (Å²) in [5, 5.41) is 4.69. The van der Waals surface area contributed by atoms with Crippen molar-refractivity contribution in [2.45, 2.75) is 5.72 Å². The van der Waals surface area contributed by atoms with Gasteiger partial charge in [-0.25, -0.2) is 19.1 Å². The Morgan fingerprint density at radius 1 is 1.25 bits per heavy atom. The van der Waals surface area contributed by atoms with Gasteiger partial charge in [-0.05, 0) is 18.2 Å². The number of hydrogen-bond acceptors (Lipinski definition) is 4. The van der Waals surface area contributed by atoms with Gasteiger partial charge in [0.1, 0.15) is 11.6 Å². The summed E-state index contributed by atoms with van der Waals surface area (Å²) < 4.78 is 33.8. The summed E-state index contributed by atoms with van der Waals surface area (Å²) in [6, 6.07) is 10.4. The Labute approximate surface area is 136 Å². The maximum absolute atomic E-state index is 14.5. The highest BCUT2D eigenvalue weighted by Gasteiger charge is 2.50. The first-order valence-corrected chi connectivity index (χ1v) is 6.94. The van der Waals surface area contributed by atoms with Gasteiger partial charge in [-0.3, -0.25) is 4.84 Å². The summed E-state index contributed by atoms with van der Waals surface area (Å²) in [6.07, 6.45) is 0.993. The fraction of sp³-hybridized carbons (Fsp3) is 0.125. The molecule has 2 amide bonds. The molecule has 6 nitrogen and oxygen atoms in total. The van der Waals surface area contributed by atoms with Gasteiger partial charge >= 0.3 is 6.03 Å². The van der Waals surface area contributed by atoms with Crippen molar-refractivity contribution in [3.8, 4) is 0 Å². The minimum Gasteiger partial charge on any atom is -0.445 e. The molecule has 1 aliphatic heterocycles. The molecule has 0 saturated carbocycles. The second-order valence-corrected chi connectivity index (χ2v) is 4.90. The Morgan fingerprint density at radius 2 is 2.00 bits per heavy atom. The van der Waals surface area contributed by atoms with Crippen molar-refractivity contribution in [1.29, 1.82) is 0 Å². The number of benzene rings is 2. The maximum Gasteiger partial charge on any atom is 0.365 e. The summed E-state index contributed by atoms with van der Waals surface area (Å²) in [5.74, 6) is -1.43. The lowest BCUT2D eigenvalue weighted by atomic mass is 9.93. The van der Waals surface area contributed by atoms with Gasteiger partial charge in [-0.15, -0.1) is 5.10 Å². The SMILES string of the molecule is CONC(=O)N1N=COC1(c1ccccc1)c1cc(F)ccc1F. The van der Waals surface area contributed by atoms with Gasteiger partial charge in [0.15, 0.2) is 6.40 Å². The highest BCUT2D eigenvalue weighted by molar-refractivity contribution is 5.77. The van der Waals surface area contributed by atoms with Crippen molar-refractivity contribution >= 4 is 12.4 Å². The summed E-state index contributed by atoms with van der Waals surface area (Å²) >= 11 is 0. The Balaban J connectivity index is 2.23. The zero-order valence-corrected chi connectivity index (χ0v) is 12.6. The van der Waals surface area contributed by atoms with E-state index in [1.54, 1.807) is 30.3 Å². The number of carbonyl (C=O) groups is 1. The van der Waals surface area contributed by atoms with Crippen LogP contribution >= 0.6 is 0 Å². The summed E-state index contributed by atoms with van der Waals surface area (Å²) in [5.41, 5.74) is 0.488. The third kappa shape index (κ3) is 2.46. The van der Waals surface area contributed by atoms with Crippen LogP contribution in [0.25, 0.3) is 0 Å². The van der Waals surface area contributed by atoms with Gasteiger partial charge in [-0.2, -0.15) is 5.01 Å². The lowest BCUT2D eigenvalue weighted by Crippen LogP contribution is -2.50. The van der Waals surface area contributed by atoms with Gasteiger partial charge in [0.2, 0.25) is 0 Å². The molecule has 0 bridgehead atoms. The van der Waals surface area contributed by atoms with Gasteiger partial charge < -0.3 is 4.74 Å². The number of ether oxygens (including phenoxy) is 1. The van der Waals surface area contributed by atoms with Gasteiger partial charge in [0.05, 0.1) is 12.7 Å². The molecular formula is C16H13F2N3O3. The molecule has 24 heavy (non-hydrogen) atoms. The summed E-state index contributed by atoms with van der Waals surface area (Å²) in [7, 11) is 1.24. The molecule has 8 heteroatoms. The predicted octanol–water partition coefficient (Wildman–Crippen LogP) is 2.71. The molecule has 0 aromatic heterocycles. The van der Waals surface area contributed by atoms with Crippen molar-refractivity contribution in [3.05, 3.63) is 71.3 Å². The fourth-order valence-corrected chi connectivity index (χ4v) is 2.55. The molecular weight excluding hydrogens is 320 g/mol. The molecule has 0 aliphatic carbocycles. The molecule has 2 aromatic carbocycles. The number of hydroxylamine groups is 1. The van der Waals surface area contributed by atoms with E-state index >= 15 is 0 Å². The molecule has 0 spiro atoms. The molecule has 2 aromatic rings. The van der Waals surface area contributed by atoms with E-state index in [0.717, 1.165) is 29.6 Å². The lowest BCUT2D eigenvalue weighted by Gasteiger charge is -2.35. The number of halogens is 2. The Kier molecular flexibility index (Phi) is 4.13. The zero-order valence-electron chi connectivity index (χ0n) is 12.6. The van der Waals surface area contributed by atoms with E-state index in [4.69, 9.17) is 4.74 Å². The Morgan fingerprint density at radius 3 is 2.71 bits per heavy atom. The van der Waals surface area contributed by atoms with Crippen LogP contribution in [0.1, 0.15) is 11.1 Å². The number of nitrogens with one attached hydrogen (secondary N) is 1.